The van der Waals surface area contributed by atoms with Crippen LogP contribution in [0.25, 0.3) is 0 Å². The summed E-state index contributed by atoms with van der Waals surface area (Å²) < 4.78 is 0. The number of hydrogen-bond donors (Lipinski definition) is 1. The molecule has 1 aliphatic rings. The molecule has 15 heavy (non-hydrogen) atoms. The van der Waals surface area contributed by atoms with Crippen molar-refractivity contribution in [3.05, 3.63) is 33.5 Å². The molecule has 82 valence electrons. The predicted octanol–water partition coefficient (Wildman–Crippen LogP) is 3.95. The van der Waals surface area contributed by atoms with Crippen LogP contribution in [0.3, 0.4) is 0 Å². The third-order valence-electron chi connectivity index (χ3n) is 3.11. The van der Waals surface area contributed by atoms with Gasteiger partial charge in [-0.15, -0.1) is 11.3 Å². The van der Waals surface area contributed by atoms with Crippen LogP contribution in [0.5, 0.6) is 0 Å². The Kier molecular flexibility index (Phi) is 3.60. The van der Waals surface area contributed by atoms with Gasteiger partial charge in [0.05, 0.1) is 0 Å². The number of hydrogen-bond acceptors (Lipinski definition) is 2. The minimum atomic E-state index is 0.217. The van der Waals surface area contributed by atoms with E-state index in [0.29, 0.717) is 0 Å². The van der Waals surface area contributed by atoms with Gasteiger partial charge in [0.25, 0.3) is 0 Å². The SMILES string of the molecule is Cc1ccsc1C(N)CC1=CCCCC1. The Morgan fingerprint density at radius 1 is 1.47 bits per heavy atom. The van der Waals surface area contributed by atoms with Gasteiger partial charge in [-0.25, -0.2) is 0 Å². The van der Waals surface area contributed by atoms with Crippen LogP contribution in [0.4, 0.5) is 0 Å². The number of aryl methyl sites for hydroxylation is 1. The molecule has 2 heteroatoms. The molecular formula is C13H19NS. The molecule has 1 nitrogen and oxygen atoms in total. The quantitative estimate of drug-likeness (QED) is 0.768. The largest absolute Gasteiger partial charge is 0.323 e. The maximum Gasteiger partial charge on any atom is 0.0430 e. The second kappa shape index (κ2) is 4.95. The fourth-order valence-electron chi connectivity index (χ4n) is 2.23. The van der Waals surface area contributed by atoms with Crippen molar-refractivity contribution < 1.29 is 0 Å². The fraction of sp³-hybridized carbons (Fsp3) is 0.538. The van der Waals surface area contributed by atoms with Crippen molar-refractivity contribution in [1.82, 2.24) is 0 Å². The van der Waals surface area contributed by atoms with E-state index in [9.17, 15) is 0 Å². The minimum Gasteiger partial charge on any atom is -0.323 e. The monoisotopic (exact) mass is 221 g/mol. The molecule has 1 heterocycles. The normalized spacial score (nSPS) is 18.7. The van der Waals surface area contributed by atoms with Gasteiger partial charge in [-0.05, 0) is 56.0 Å². The lowest BCUT2D eigenvalue weighted by atomic mass is 9.93. The highest BCUT2D eigenvalue weighted by Gasteiger charge is 2.13. The molecule has 1 aromatic rings. The van der Waals surface area contributed by atoms with Gasteiger partial charge in [0, 0.05) is 10.9 Å². The second-order valence-corrected chi connectivity index (χ2v) is 5.33. The van der Waals surface area contributed by atoms with E-state index in [4.69, 9.17) is 5.73 Å². The Morgan fingerprint density at radius 2 is 2.33 bits per heavy atom. The smallest absolute Gasteiger partial charge is 0.0430 e. The molecule has 1 aromatic heterocycles. The number of thiophene rings is 1. The van der Waals surface area contributed by atoms with Crippen LogP contribution < -0.4 is 5.73 Å². The summed E-state index contributed by atoms with van der Waals surface area (Å²) in [6.45, 7) is 2.15. The summed E-state index contributed by atoms with van der Waals surface area (Å²) in [5, 5.41) is 2.14. The van der Waals surface area contributed by atoms with Crippen LogP contribution in [0, 0.1) is 6.92 Å². The first-order chi connectivity index (χ1) is 7.27. The first kappa shape index (κ1) is 10.9. The van der Waals surface area contributed by atoms with E-state index in [1.54, 1.807) is 16.9 Å². The fourth-order valence-corrected chi connectivity index (χ4v) is 3.16. The average Bonchev–Trinajstić information content (AvgIpc) is 2.66. The molecule has 0 amide bonds. The highest BCUT2D eigenvalue weighted by atomic mass is 32.1. The summed E-state index contributed by atoms with van der Waals surface area (Å²) in [5.41, 5.74) is 9.16. The van der Waals surface area contributed by atoms with E-state index < -0.39 is 0 Å². The van der Waals surface area contributed by atoms with E-state index in [1.165, 1.54) is 36.1 Å². The van der Waals surface area contributed by atoms with Crippen LogP contribution >= 0.6 is 11.3 Å². The maximum atomic E-state index is 6.24. The molecule has 1 atom stereocenters. The van der Waals surface area contributed by atoms with E-state index in [0.717, 1.165) is 6.42 Å². The summed E-state index contributed by atoms with van der Waals surface area (Å²) >= 11 is 1.79. The zero-order valence-corrected chi connectivity index (χ0v) is 10.1. The summed E-state index contributed by atoms with van der Waals surface area (Å²) in [7, 11) is 0. The summed E-state index contributed by atoms with van der Waals surface area (Å²) in [4.78, 5) is 1.36. The summed E-state index contributed by atoms with van der Waals surface area (Å²) in [6, 6.07) is 2.38. The number of nitrogens with two attached hydrogens (primary N) is 1. The van der Waals surface area contributed by atoms with E-state index in [-0.39, 0.29) is 6.04 Å². The van der Waals surface area contributed by atoms with Gasteiger partial charge in [0.1, 0.15) is 0 Å². The maximum absolute atomic E-state index is 6.24. The molecular weight excluding hydrogens is 202 g/mol. The van der Waals surface area contributed by atoms with Crippen molar-refractivity contribution in [1.29, 1.82) is 0 Å². The second-order valence-electron chi connectivity index (χ2n) is 4.39. The standard InChI is InChI=1S/C13H19NS/c1-10-7-8-15-13(10)12(14)9-11-5-3-2-4-6-11/h5,7-8,12H,2-4,6,9,14H2,1H3. The van der Waals surface area contributed by atoms with Crippen LogP contribution in [0.2, 0.25) is 0 Å². The molecule has 2 rings (SSSR count). The van der Waals surface area contributed by atoms with Gasteiger partial charge in [0.2, 0.25) is 0 Å². The molecule has 1 aliphatic carbocycles. The van der Waals surface area contributed by atoms with Crippen molar-refractivity contribution >= 4 is 11.3 Å². The zero-order valence-electron chi connectivity index (χ0n) is 9.33. The van der Waals surface area contributed by atoms with Crippen LogP contribution in [-0.4, -0.2) is 0 Å². The molecule has 1 unspecified atom stereocenters. The van der Waals surface area contributed by atoms with Gasteiger partial charge in [0.15, 0.2) is 0 Å². The Morgan fingerprint density at radius 3 is 2.93 bits per heavy atom. The van der Waals surface area contributed by atoms with Gasteiger partial charge in [-0.2, -0.15) is 0 Å². The number of allylic oxidation sites excluding steroid dienone is 1. The van der Waals surface area contributed by atoms with Crippen molar-refractivity contribution in [2.75, 3.05) is 0 Å². The lowest BCUT2D eigenvalue weighted by molar-refractivity contribution is 0.632. The summed E-state index contributed by atoms with van der Waals surface area (Å²) in [5.74, 6) is 0. The molecule has 0 saturated heterocycles. The highest BCUT2D eigenvalue weighted by Crippen LogP contribution is 2.30. The van der Waals surface area contributed by atoms with Gasteiger partial charge in [-0.1, -0.05) is 11.6 Å². The minimum absolute atomic E-state index is 0.217. The van der Waals surface area contributed by atoms with E-state index >= 15 is 0 Å². The first-order valence-electron chi connectivity index (χ1n) is 5.75. The molecule has 0 radical (unpaired) electrons. The van der Waals surface area contributed by atoms with Crippen LogP contribution in [0.15, 0.2) is 23.1 Å². The summed E-state index contributed by atoms with van der Waals surface area (Å²) in [6.07, 6.45) is 8.68. The lowest BCUT2D eigenvalue weighted by Gasteiger charge is -2.17. The molecule has 0 saturated carbocycles. The molecule has 0 aromatic carbocycles. The third kappa shape index (κ3) is 2.70. The Hall–Kier alpha value is -0.600. The Balaban J connectivity index is 2.00. The molecule has 0 aliphatic heterocycles. The van der Waals surface area contributed by atoms with E-state index in [2.05, 4.69) is 24.4 Å². The Bertz CT molecular complexity index is 351. The highest BCUT2D eigenvalue weighted by molar-refractivity contribution is 7.10. The molecule has 0 fully saturated rings. The van der Waals surface area contributed by atoms with E-state index in [1.807, 2.05) is 0 Å². The van der Waals surface area contributed by atoms with Crippen molar-refractivity contribution in [3.63, 3.8) is 0 Å². The zero-order chi connectivity index (χ0) is 10.7. The van der Waals surface area contributed by atoms with Crippen LogP contribution in [-0.2, 0) is 0 Å². The van der Waals surface area contributed by atoms with Crippen molar-refractivity contribution in [3.8, 4) is 0 Å². The number of rotatable bonds is 3. The topological polar surface area (TPSA) is 26.0 Å². The molecule has 0 spiro atoms. The third-order valence-corrected chi connectivity index (χ3v) is 4.26. The van der Waals surface area contributed by atoms with Crippen molar-refractivity contribution in [2.24, 2.45) is 5.73 Å². The first-order valence-corrected chi connectivity index (χ1v) is 6.63. The lowest BCUT2D eigenvalue weighted by Crippen LogP contribution is -2.11. The van der Waals surface area contributed by atoms with Gasteiger partial charge in [-0.3, -0.25) is 0 Å². The van der Waals surface area contributed by atoms with Gasteiger partial charge < -0.3 is 5.73 Å². The van der Waals surface area contributed by atoms with Crippen LogP contribution in [0.1, 0.15) is 48.6 Å². The Labute approximate surface area is 96.0 Å². The van der Waals surface area contributed by atoms with Gasteiger partial charge >= 0.3 is 0 Å². The predicted molar refractivity (Wildman–Crippen MR) is 67.2 cm³/mol. The molecule has 0 bridgehead atoms. The molecule has 2 N–H and O–H groups in total. The van der Waals surface area contributed by atoms with Crippen molar-refractivity contribution in [2.45, 2.75) is 45.1 Å². The average molecular weight is 221 g/mol.